The number of nitrogens with one attached hydrogen (secondary N) is 2. The molecule has 2 amide bonds. The first-order valence-electron chi connectivity index (χ1n) is 9.00. The Morgan fingerprint density at radius 2 is 1.72 bits per heavy atom. The summed E-state index contributed by atoms with van der Waals surface area (Å²) in [5.74, 6) is 0. The number of carbonyl (C=O) groups excluding carboxylic acids is 1. The first kappa shape index (κ1) is 21.4. The summed E-state index contributed by atoms with van der Waals surface area (Å²) in [6.45, 7) is 1.29. The van der Waals surface area contributed by atoms with Crippen LogP contribution in [-0.4, -0.2) is 59.2 Å². The monoisotopic (exact) mass is 438 g/mol. The van der Waals surface area contributed by atoms with Gasteiger partial charge in [0.25, 0.3) is 0 Å². The third kappa shape index (κ3) is 5.18. The first-order chi connectivity index (χ1) is 13.8. The molecule has 1 fully saturated rings. The van der Waals surface area contributed by atoms with Crippen molar-refractivity contribution < 1.29 is 17.9 Å². The second-order valence-electron chi connectivity index (χ2n) is 6.68. The van der Waals surface area contributed by atoms with Gasteiger partial charge in [-0.25, -0.2) is 13.2 Å². The highest BCUT2D eigenvalue weighted by atomic mass is 35.5. The fourth-order valence-electron chi connectivity index (χ4n) is 2.82. The van der Waals surface area contributed by atoms with Gasteiger partial charge in [0.15, 0.2) is 0 Å². The fourth-order valence-corrected chi connectivity index (χ4v) is 4.42. The molecule has 3 rings (SSSR count). The maximum atomic E-state index is 12.8. The zero-order chi connectivity index (χ0) is 21.0. The third-order valence-electron chi connectivity index (χ3n) is 4.44. The summed E-state index contributed by atoms with van der Waals surface area (Å²) in [6, 6.07) is 11.0. The van der Waals surface area contributed by atoms with Crippen molar-refractivity contribution in [2.45, 2.75) is 4.90 Å². The van der Waals surface area contributed by atoms with E-state index < -0.39 is 16.1 Å². The molecule has 2 N–H and O–H groups in total. The Morgan fingerprint density at radius 1 is 1.07 bits per heavy atom. The number of anilines is 3. The molecule has 0 bridgehead atoms. The molecular formula is C19H23ClN4O4S. The van der Waals surface area contributed by atoms with Crippen LogP contribution in [0.2, 0.25) is 5.02 Å². The lowest BCUT2D eigenvalue weighted by Crippen LogP contribution is -2.40. The van der Waals surface area contributed by atoms with Crippen molar-refractivity contribution in [1.82, 2.24) is 4.31 Å². The van der Waals surface area contributed by atoms with E-state index in [4.69, 9.17) is 16.3 Å². The van der Waals surface area contributed by atoms with Gasteiger partial charge in [0.2, 0.25) is 10.0 Å². The number of urea groups is 1. The minimum atomic E-state index is -3.69. The molecule has 0 atom stereocenters. The molecule has 2 aromatic rings. The van der Waals surface area contributed by atoms with Gasteiger partial charge in [0.1, 0.15) is 0 Å². The van der Waals surface area contributed by atoms with E-state index in [-0.39, 0.29) is 28.7 Å². The van der Waals surface area contributed by atoms with E-state index in [0.717, 1.165) is 5.69 Å². The minimum Gasteiger partial charge on any atom is -0.379 e. The molecule has 0 spiro atoms. The summed E-state index contributed by atoms with van der Waals surface area (Å²) in [4.78, 5) is 14.4. The molecular weight excluding hydrogens is 416 g/mol. The van der Waals surface area contributed by atoms with Gasteiger partial charge in [-0.15, -0.1) is 0 Å². The minimum absolute atomic E-state index is 0.0643. The number of halogens is 1. The summed E-state index contributed by atoms with van der Waals surface area (Å²) in [6.07, 6.45) is 0. The molecule has 1 heterocycles. The zero-order valence-electron chi connectivity index (χ0n) is 16.2. The molecule has 0 saturated carbocycles. The molecule has 1 aliphatic heterocycles. The number of sulfonamides is 1. The first-order valence-corrected chi connectivity index (χ1v) is 10.8. The molecule has 0 radical (unpaired) electrons. The lowest BCUT2D eigenvalue weighted by Gasteiger charge is -2.26. The Kier molecular flexibility index (Phi) is 6.63. The smallest absolute Gasteiger partial charge is 0.323 e. The summed E-state index contributed by atoms with van der Waals surface area (Å²) in [7, 11) is 0.161. The third-order valence-corrected chi connectivity index (χ3v) is 6.66. The maximum absolute atomic E-state index is 12.8. The van der Waals surface area contributed by atoms with Crippen LogP contribution in [-0.2, 0) is 14.8 Å². The summed E-state index contributed by atoms with van der Waals surface area (Å²) >= 11 is 6.16. The van der Waals surface area contributed by atoms with Crippen LogP contribution in [0.4, 0.5) is 21.9 Å². The van der Waals surface area contributed by atoms with Gasteiger partial charge in [-0.2, -0.15) is 4.31 Å². The van der Waals surface area contributed by atoms with E-state index in [0.29, 0.717) is 18.9 Å². The average molecular weight is 439 g/mol. The van der Waals surface area contributed by atoms with Crippen LogP contribution in [0.5, 0.6) is 0 Å². The van der Waals surface area contributed by atoms with Gasteiger partial charge < -0.3 is 20.3 Å². The van der Waals surface area contributed by atoms with Crippen LogP contribution in [0, 0.1) is 0 Å². The van der Waals surface area contributed by atoms with Crippen molar-refractivity contribution >= 4 is 44.7 Å². The van der Waals surface area contributed by atoms with Crippen LogP contribution in [0.1, 0.15) is 0 Å². The molecule has 0 unspecified atom stereocenters. The number of hydrogen-bond donors (Lipinski definition) is 2. The van der Waals surface area contributed by atoms with Gasteiger partial charge in [-0.1, -0.05) is 11.6 Å². The van der Waals surface area contributed by atoms with Gasteiger partial charge in [0.05, 0.1) is 28.8 Å². The quantitative estimate of drug-likeness (QED) is 0.748. The van der Waals surface area contributed by atoms with Crippen LogP contribution in [0.3, 0.4) is 0 Å². The Morgan fingerprint density at radius 3 is 2.34 bits per heavy atom. The number of nitrogens with zero attached hydrogens (tertiary/aromatic N) is 2. The topological polar surface area (TPSA) is 91.0 Å². The molecule has 156 valence electrons. The number of morpholine rings is 1. The largest absolute Gasteiger partial charge is 0.379 e. The Labute approximate surface area is 175 Å². The van der Waals surface area contributed by atoms with Crippen LogP contribution < -0.4 is 15.5 Å². The highest BCUT2D eigenvalue weighted by Crippen LogP contribution is 2.27. The number of ether oxygens (including phenoxy) is 1. The Hall–Kier alpha value is -2.33. The highest BCUT2D eigenvalue weighted by molar-refractivity contribution is 7.89. The van der Waals surface area contributed by atoms with Crippen molar-refractivity contribution in [3.8, 4) is 0 Å². The van der Waals surface area contributed by atoms with E-state index in [1.54, 1.807) is 12.1 Å². The molecule has 0 aliphatic carbocycles. The second-order valence-corrected chi connectivity index (χ2v) is 9.02. The molecule has 1 saturated heterocycles. The van der Waals surface area contributed by atoms with E-state index in [1.165, 1.54) is 22.5 Å². The molecule has 1 aliphatic rings. The van der Waals surface area contributed by atoms with Gasteiger partial charge in [0, 0.05) is 38.6 Å². The van der Waals surface area contributed by atoms with E-state index in [9.17, 15) is 13.2 Å². The van der Waals surface area contributed by atoms with E-state index in [2.05, 4.69) is 10.6 Å². The summed E-state index contributed by atoms with van der Waals surface area (Å²) in [5.41, 5.74) is 1.81. The van der Waals surface area contributed by atoms with Gasteiger partial charge in [-0.05, 0) is 42.5 Å². The lowest BCUT2D eigenvalue weighted by molar-refractivity contribution is 0.0730. The number of rotatable bonds is 5. The number of carbonyl (C=O) groups is 1. The zero-order valence-corrected chi connectivity index (χ0v) is 17.8. The van der Waals surface area contributed by atoms with Crippen LogP contribution >= 0.6 is 11.6 Å². The average Bonchev–Trinajstić information content (AvgIpc) is 2.70. The van der Waals surface area contributed by atoms with E-state index >= 15 is 0 Å². The number of benzene rings is 2. The predicted molar refractivity (Wildman–Crippen MR) is 114 cm³/mol. The molecule has 29 heavy (non-hydrogen) atoms. The number of hydrogen-bond acceptors (Lipinski definition) is 5. The lowest BCUT2D eigenvalue weighted by atomic mass is 10.2. The standard InChI is InChI=1S/C19H23ClN4O4S/c1-23(2)15-5-3-14(4-6-15)21-19(25)22-18-13-16(7-8-17(18)20)29(26,27)24-9-11-28-12-10-24/h3-8,13H,9-12H2,1-2H3,(H2,21,22,25). The molecule has 8 nitrogen and oxygen atoms in total. The van der Waals surface area contributed by atoms with Crippen LogP contribution in [0.15, 0.2) is 47.4 Å². The van der Waals surface area contributed by atoms with Crippen molar-refractivity contribution in [2.75, 3.05) is 55.9 Å². The Bertz CT molecular complexity index is 974. The fraction of sp³-hybridized carbons (Fsp3) is 0.316. The van der Waals surface area contributed by atoms with Crippen molar-refractivity contribution in [2.24, 2.45) is 0 Å². The van der Waals surface area contributed by atoms with Crippen molar-refractivity contribution in [3.05, 3.63) is 47.5 Å². The normalized spacial score (nSPS) is 15.0. The van der Waals surface area contributed by atoms with Crippen LogP contribution in [0.25, 0.3) is 0 Å². The molecule has 2 aromatic carbocycles. The van der Waals surface area contributed by atoms with Gasteiger partial charge >= 0.3 is 6.03 Å². The molecule has 10 heteroatoms. The van der Waals surface area contributed by atoms with Gasteiger partial charge in [-0.3, -0.25) is 0 Å². The van der Waals surface area contributed by atoms with E-state index in [1.807, 2.05) is 31.1 Å². The molecule has 0 aromatic heterocycles. The summed E-state index contributed by atoms with van der Waals surface area (Å²) in [5, 5.41) is 5.55. The number of amides is 2. The Balaban J connectivity index is 1.73. The van der Waals surface area contributed by atoms with Crippen molar-refractivity contribution in [3.63, 3.8) is 0 Å². The maximum Gasteiger partial charge on any atom is 0.323 e. The SMILES string of the molecule is CN(C)c1ccc(NC(=O)Nc2cc(S(=O)(=O)N3CCOCC3)ccc2Cl)cc1. The summed E-state index contributed by atoms with van der Waals surface area (Å²) < 4.78 is 32.2. The predicted octanol–water partition coefficient (Wildman–Crippen LogP) is 3.07. The highest BCUT2D eigenvalue weighted by Gasteiger charge is 2.27. The van der Waals surface area contributed by atoms with Crippen molar-refractivity contribution in [1.29, 1.82) is 0 Å². The second kappa shape index (κ2) is 9.00.